The van der Waals surface area contributed by atoms with Crippen LogP contribution in [-0.2, 0) is 34.0 Å². The van der Waals surface area contributed by atoms with Crippen LogP contribution in [0.15, 0.2) is 42.5 Å². The third-order valence-electron chi connectivity index (χ3n) is 5.64. The fraction of sp³-hybridized carbons (Fsp3) is 0.464. The molecular formula is C28H35ClO8. The number of hydrogen-bond acceptors (Lipinski definition) is 8. The van der Waals surface area contributed by atoms with E-state index in [2.05, 4.69) is 19.9 Å². The van der Waals surface area contributed by atoms with Gasteiger partial charge < -0.3 is 23.7 Å². The van der Waals surface area contributed by atoms with Gasteiger partial charge in [-0.15, -0.1) is 11.6 Å². The molecule has 0 aliphatic rings. The van der Waals surface area contributed by atoms with E-state index in [9.17, 15) is 14.4 Å². The fourth-order valence-electron chi connectivity index (χ4n) is 3.61. The molecule has 0 fully saturated rings. The highest BCUT2D eigenvalue weighted by Crippen LogP contribution is 2.34. The number of esters is 3. The number of aryl methyl sites for hydroxylation is 1. The summed E-state index contributed by atoms with van der Waals surface area (Å²) in [5.41, 5.74) is 2.80. The van der Waals surface area contributed by atoms with E-state index >= 15 is 0 Å². The van der Waals surface area contributed by atoms with Gasteiger partial charge in [0.2, 0.25) is 0 Å². The zero-order chi connectivity index (χ0) is 27.6. The van der Waals surface area contributed by atoms with Crippen LogP contribution < -0.4 is 9.47 Å². The maximum absolute atomic E-state index is 11.3. The lowest BCUT2D eigenvalue weighted by atomic mass is 9.77. The van der Waals surface area contributed by atoms with Gasteiger partial charge in [-0.2, -0.15) is 0 Å². The molecule has 0 aliphatic carbocycles. The minimum absolute atomic E-state index is 0.0539. The van der Waals surface area contributed by atoms with E-state index in [0.29, 0.717) is 11.5 Å². The summed E-state index contributed by atoms with van der Waals surface area (Å²) in [7, 11) is 0. The van der Waals surface area contributed by atoms with Crippen molar-refractivity contribution >= 4 is 29.5 Å². The lowest BCUT2D eigenvalue weighted by molar-refractivity contribution is -0.158. The third-order valence-corrected chi connectivity index (χ3v) is 5.99. The summed E-state index contributed by atoms with van der Waals surface area (Å²) in [5.74, 6) is 0.112. The predicted molar refractivity (Wildman–Crippen MR) is 139 cm³/mol. The van der Waals surface area contributed by atoms with Crippen molar-refractivity contribution in [3.8, 4) is 11.5 Å². The Labute approximate surface area is 223 Å². The van der Waals surface area contributed by atoms with E-state index in [0.717, 1.165) is 16.7 Å². The first-order valence-electron chi connectivity index (χ1n) is 11.9. The molecule has 2 rings (SSSR count). The first kappa shape index (κ1) is 30.0. The van der Waals surface area contributed by atoms with E-state index in [-0.39, 0.29) is 31.1 Å². The molecule has 8 nitrogen and oxygen atoms in total. The summed E-state index contributed by atoms with van der Waals surface area (Å²) in [6, 6.07) is 13.6. The van der Waals surface area contributed by atoms with Crippen molar-refractivity contribution in [3.05, 3.63) is 59.2 Å². The molecule has 9 heteroatoms. The van der Waals surface area contributed by atoms with Gasteiger partial charge in [0.05, 0.1) is 5.88 Å². The van der Waals surface area contributed by atoms with Crippen molar-refractivity contribution < 1.29 is 38.1 Å². The monoisotopic (exact) mass is 534 g/mol. The molecule has 202 valence electrons. The SMILES string of the molecule is CC(=O)OCC(COc1ccc(C(C)(C)c2ccc(OCC(CCl)OC(C)=O)c(C)c2)cc1)OC(C)=O. The van der Waals surface area contributed by atoms with Crippen LogP contribution in [0.1, 0.15) is 51.3 Å². The standard InChI is InChI=1S/C28H35ClO8/c1-18-13-23(9-12-27(18)35-15-25(14-29)36-20(3)31)28(5,6)22-7-10-24(11-8-22)34-17-26(37-21(4)32)16-33-19(2)30/h7-13,25-26H,14-17H2,1-6H3. The lowest BCUT2D eigenvalue weighted by Gasteiger charge is -2.27. The molecule has 0 heterocycles. The van der Waals surface area contributed by atoms with Crippen LogP contribution in [0.2, 0.25) is 0 Å². The van der Waals surface area contributed by atoms with Gasteiger partial charge in [-0.25, -0.2) is 0 Å². The third kappa shape index (κ3) is 9.61. The zero-order valence-corrected chi connectivity index (χ0v) is 22.9. The zero-order valence-electron chi connectivity index (χ0n) is 22.2. The Morgan fingerprint density at radius 2 is 1.35 bits per heavy atom. The molecule has 37 heavy (non-hydrogen) atoms. The second-order valence-corrected chi connectivity index (χ2v) is 9.48. The fourth-order valence-corrected chi connectivity index (χ4v) is 3.76. The number of benzene rings is 2. The van der Waals surface area contributed by atoms with Gasteiger partial charge in [0.1, 0.15) is 37.4 Å². The maximum atomic E-state index is 11.3. The number of carbonyl (C=O) groups is 3. The molecule has 0 bridgehead atoms. The lowest BCUT2D eigenvalue weighted by Crippen LogP contribution is -2.29. The predicted octanol–water partition coefficient (Wildman–Crippen LogP) is 4.74. The quantitative estimate of drug-likeness (QED) is 0.206. The molecule has 0 aromatic heterocycles. The van der Waals surface area contributed by atoms with Crippen molar-refractivity contribution in [2.24, 2.45) is 0 Å². The normalized spacial score (nSPS) is 12.7. The van der Waals surface area contributed by atoms with Crippen LogP contribution in [0.4, 0.5) is 0 Å². The molecule has 0 saturated heterocycles. The first-order valence-corrected chi connectivity index (χ1v) is 12.5. The molecule has 0 N–H and O–H groups in total. The number of ether oxygens (including phenoxy) is 5. The number of hydrogen-bond donors (Lipinski definition) is 0. The molecular weight excluding hydrogens is 500 g/mol. The van der Waals surface area contributed by atoms with E-state index in [1.807, 2.05) is 43.3 Å². The van der Waals surface area contributed by atoms with E-state index < -0.39 is 30.1 Å². The Balaban J connectivity index is 2.06. The maximum Gasteiger partial charge on any atom is 0.303 e. The largest absolute Gasteiger partial charge is 0.490 e. The second-order valence-electron chi connectivity index (χ2n) is 9.17. The Bertz CT molecular complexity index is 1060. The van der Waals surface area contributed by atoms with Crippen LogP contribution in [0.3, 0.4) is 0 Å². The summed E-state index contributed by atoms with van der Waals surface area (Å²) < 4.78 is 26.8. The van der Waals surface area contributed by atoms with Crippen LogP contribution in [0.5, 0.6) is 11.5 Å². The molecule has 2 unspecified atom stereocenters. The van der Waals surface area contributed by atoms with Crippen molar-refractivity contribution in [1.29, 1.82) is 0 Å². The molecule has 0 aliphatic heterocycles. The van der Waals surface area contributed by atoms with Gasteiger partial charge in [0, 0.05) is 26.2 Å². The molecule has 0 radical (unpaired) electrons. The van der Waals surface area contributed by atoms with E-state index in [1.165, 1.54) is 20.8 Å². The summed E-state index contributed by atoms with van der Waals surface area (Å²) in [6.07, 6.45) is -1.21. The summed E-state index contributed by atoms with van der Waals surface area (Å²) in [5, 5.41) is 0. The summed E-state index contributed by atoms with van der Waals surface area (Å²) in [4.78, 5) is 33.6. The number of rotatable bonds is 13. The van der Waals surface area contributed by atoms with Crippen LogP contribution in [0.25, 0.3) is 0 Å². The Hall–Kier alpha value is -3.26. The average molecular weight is 535 g/mol. The highest BCUT2D eigenvalue weighted by atomic mass is 35.5. The molecule has 0 saturated carbocycles. The van der Waals surface area contributed by atoms with E-state index in [1.54, 1.807) is 0 Å². The topological polar surface area (TPSA) is 97.4 Å². The van der Waals surface area contributed by atoms with Gasteiger partial charge in [-0.1, -0.05) is 38.1 Å². The highest BCUT2D eigenvalue weighted by Gasteiger charge is 2.24. The molecule has 0 amide bonds. The average Bonchev–Trinajstić information content (AvgIpc) is 2.83. The highest BCUT2D eigenvalue weighted by molar-refractivity contribution is 6.18. The van der Waals surface area contributed by atoms with Gasteiger partial charge in [0.15, 0.2) is 6.10 Å². The van der Waals surface area contributed by atoms with Crippen LogP contribution >= 0.6 is 11.6 Å². The first-order chi connectivity index (χ1) is 17.4. The smallest absolute Gasteiger partial charge is 0.303 e. The number of alkyl halides is 1. The molecule has 2 aromatic rings. The Morgan fingerprint density at radius 3 is 1.89 bits per heavy atom. The molecule has 2 aromatic carbocycles. The van der Waals surface area contributed by atoms with Gasteiger partial charge in [0.25, 0.3) is 0 Å². The Kier molecular flexibility index (Phi) is 11.2. The number of halogens is 1. The van der Waals surface area contributed by atoms with E-state index in [4.69, 9.17) is 35.3 Å². The van der Waals surface area contributed by atoms with Gasteiger partial charge in [-0.05, 0) is 41.8 Å². The summed E-state index contributed by atoms with van der Waals surface area (Å²) in [6.45, 7) is 10.3. The van der Waals surface area contributed by atoms with Crippen LogP contribution in [-0.4, -0.2) is 55.8 Å². The van der Waals surface area contributed by atoms with Gasteiger partial charge in [-0.3, -0.25) is 14.4 Å². The summed E-state index contributed by atoms with van der Waals surface area (Å²) >= 11 is 5.86. The van der Waals surface area contributed by atoms with Crippen molar-refractivity contribution in [1.82, 2.24) is 0 Å². The minimum Gasteiger partial charge on any atom is -0.490 e. The van der Waals surface area contributed by atoms with Crippen LogP contribution in [0, 0.1) is 6.92 Å². The second kappa shape index (κ2) is 13.9. The molecule has 2 atom stereocenters. The number of carbonyl (C=O) groups excluding carboxylic acids is 3. The van der Waals surface area contributed by atoms with Crippen molar-refractivity contribution in [2.45, 2.75) is 59.2 Å². The Morgan fingerprint density at radius 1 is 0.784 bits per heavy atom. The van der Waals surface area contributed by atoms with Crippen molar-refractivity contribution in [2.75, 3.05) is 25.7 Å². The van der Waals surface area contributed by atoms with Gasteiger partial charge >= 0.3 is 17.9 Å². The minimum atomic E-state index is -0.699. The van der Waals surface area contributed by atoms with Crippen molar-refractivity contribution in [3.63, 3.8) is 0 Å². The molecule has 0 spiro atoms.